The molecule has 1 amide bonds. The molecule has 198 valence electrons. The number of esters is 1. The summed E-state index contributed by atoms with van der Waals surface area (Å²) < 4.78 is 6.56. The number of ether oxygens (including phenoxy) is 1. The van der Waals surface area contributed by atoms with E-state index in [9.17, 15) is 9.59 Å². The van der Waals surface area contributed by atoms with Crippen molar-refractivity contribution in [3.63, 3.8) is 0 Å². The molecule has 0 fully saturated rings. The highest BCUT2D eigenvalue weighted by molar-refractivity contribution is 7.98. The molecule has 8 nitrogen and oxygen atoms in total. The number of nitrogens with zero attached hydrogens (tertiary/aromatic N) is 3. The minimum absolute atomic E-state index is 0.261. The van der Waals surface area contributed by atoms with Gasteiger partial charge in [-0.2, -0.15) is 4.98 Å². The third kappa shape index (κ3) is 5.55. The predicted octanol–water partition coefficient (Wildman–Crippen LogP) is 6.25. The van der Waals surface area contributed by atoms with Crippen LogP contribution in [-0.2, 0) is 15.3 Å². The third-order valence-corrected chi connectivity index (χ3v) is 7.69. The smallest absolute Gasteiger partial charge is 0.337 e. The van der Waals surface area contributed by atoms with Gasteiger partial charge in [-0.15, -0.1) is 5.10 Å². The van der Waals surface area contributed by atoms with Crippen molar-refractivity contribution in [3.05, 3.63) is 111 Å². The second kappa shape index (κ2) is 11.3. The Hall–Kier alpha value is -4.08. The van der Waals surface area contributed by atoms with Crippen molar-refractivity contribution in [2.24, 2.45) is 0 Å². The molecule has 39 heavy (non-hydrogen) atoms. The van der Waals surface area contributed by atoms with E-state index in [2.05, 4.69) is 10.6 Å². The summed E-state index contributed by atoms with van der Waals surface area (Å²) in [6, 6.07) is 21.6. The molecule has 2 heterocycles. The lowest BCUT2D eigenvalue weighted by Gasteiger charge is -2.29. The lowest BCUT2D eigenvalue weighted by Crippen LogP contribution is -2.31. The molecule has 3 aromatic carbocycles. The van der Waals surface area contributed by atoms with E-state index in [0.717, 1.165) is 22.4 Å². The van der Waals surface area contributed by atoms with Crippen molar-refractivity contribution < 1.29 is 14.3 Å². The van der Waals surface area contributed by atoms with E-state index in [1.54, 1.807) is 28.9 Å². The molecule has 0 saturated carbocycles. The van der Waals surface area contributed by atoms with Crippen LogP contribution in [0.1, 0.15) is 40.0 Å². The first-order chi connectivity index (χ1) is 18.9. The molecule has 1 aromatic heterocycles. The van der Waals surface area contributed by atoms with Gasteiger partial charge in [0.2, 0.25) is 11.1 Å². The van der Waals surface area contributed by atoms with Crippen molar-refractivity contribution in [3.8, 4) is 0 Å². The number of nitrogens with one attached hydrogen (secondary N) is 2. The van der Waals surface area contributed by atoms with Crippen molar-refractivity contribution in [2.75, 3.05) is 17.7 Å². The van der Waals surface area contributed by atoms with Gasteiger partial charge >= 0.3 is 5.97 Å². The van der Waals surface area contributed by atoms with Gasteiger partial charge in [0.05, 0.1) is 18.2 Å². The van der Waals surface area contributed by atoms with Crippen LogP contribution in [0.25, 0.3) is 0 Å². The zero-order valence-corrected chi connectivity index (χ0v) is 23.1. The maximum absolute atomic E-state index is 13.7. The summed E-state index contributed by atoms with van der Waals surface area (Å²) in [6.45, 7) is 3.79. The second-order valence-corrected chi connectivity index (χ2v) is 10.3. The van der Waals surface area contributed by atoms with Crippen molar-refractivity contribution in [1.82, 2.24) is 14.8 Å². The van der Waals surface area contributed by atoms with Gasteiger partial charge in [0.15, 0.2) is 0 Å². The van der Waals surface area contributed by atoms with E-state index in [4.69, 9.17) is 26.4 Å². The molecule has 0 radical (unpaired) electrons. The van der Waals surface area contributed by atoms with Gasteiger partial charge in [-0.25, -0.2) is 9.48 Å². The monoisotopic (exact) mass is 559 g/mol. The molecule has 0 spiro atoms. The van der Waals surface area contributed by atoms with Crippen LogP contribution < -0.4 is 10.6 Å². The zero-order valence-electron chi connectivity index (χ0n) is 21.6. The molecule has 4 aromatic rings. The number of allylic oxidation sites excluding steroid dienone is 1. The van der Waals surface area contributed by atoms with Crippen molar-refractivity contribution >= 4 is 46.9 Å². The highest BCUT2D eigenvalue weighted by Gasteiger charge is 2.34. The predicted molar refractivity (Wildman–Crippen MR) is 153 cm³/mol. The highest BCUT2D eigenvalue weighted by atomic mass is 35.5. The lowest BCUT2D eigenvalue weighted by molar-refractivity contribution is -0.113. The molecule has 1 aliphatic heterocycles. The van der Waals surface area contributed by atoms with Crippen LogP contribution in [0.15, 0.2) is 89.2 Å². The first-order valence-corrected chi connectivity index (χ1v) is 13.6. The maximum atomic E-state index is 13.7. The number of carbonyl (C=O) groups excluding carboxylic acids is 2. The second-order valence-electron chi connectivity index (χ2n) is 8.99. The Morgan fingerprint density at radius 3 is 2.49 bits per heavy atom. The van der Waals surface area contributed by atoms with Gasteiger partial charge in [-0.1, -0.05) is 71.9 Å². The number of rotatable bonds is 7. The standard InChI is InChI=1S/C29H26ClN5O3S/c1-17-8-4-7-11-23(17)32-26(36)24-18(2)31-28-33-29(39-16-21-9-5-6-10-22(21)30)34-35(28)25(24)19-12-14-20(15-13-19)27(37)38-3/h4-15,25H,16H2,1-3H3,(H,32,36)(H,31,33,34). The summed E-state index contributed by atoms with van der Waals surface area (Å²) >= 11 is 7.79. The van der Waals surface area contributed by atoms with Crippen LogP contribution in [0.4, 0.5) is 11.6 Å². The van der Waals surface area contributed by atoms with Crippen LogP contribution in [0, 0.1) is 6.92 Å². The molecule has 1 atom stereocenters. The SMILES string of the molecule is COC(=O)c1ccc(C2C(C(=O)Nc3ccccc3C)=C(C)Nc3nc(SCc4ccccc4Cl)nn32)cc1. The summed E-state index contributed by atoms with van der Waals surface area (Å²) in [4.78, 5) is 30.5. The number of para-hydroxylation sites is 1. The molecule has 1 aliphatic rings. The highest BCUT2D eigenvalue weighted by Crippen LogP contribution is 2.37. The number of halogens is 1. The van der Waals surface area contributed by atoms with Crippen molar-refractivity contribution in [1.29, 1.82) is 0 Å². The van der Waals surface area contributed by atoms with Crippen LogP contribution in [-0.4, -0.2) is 33.8 Å². The van der Waals surface area contributed by atoms with E-state index in [1.807, 2.05) is 62.4 Å². The van der Waals surface area contributed by atoms with Gasteiger partial charge in [0.1, 0.15) is 6.04 Å². The summed E-state index contributed by atoms with van der Waals surface area (Å²) in [5, 5.41) is 12.3. The summed E-state index contributed by atoms with van der Waals surface area (Å²) in [5.74, 6) is 0.413. The number of carbonyl (C=O) groups is 2. The molecular weight excluding hydrogens is 534 g/mol. The Bertz CT molecular complexity index is 1580. The number of anilines is 2. The number of aryl methyl sites for hydroxylation is 1. The third-order valence-electron chi connectivity index (χ3n) is 6.43. The van der Waals surface area contributed by atoms with Crippen LogP contribution in [0.2, 0.25) is 5.02 Å². The minimum Gasteiger partial charge on any atom is -0.465 e. The Labute approximate surface area is 235 Å². The minimum atomic E-state index is -0.584. The van der Waals surface area contributed by atoms with E-state index in [1.165, 1.54) is 18.9 Å². The molecule has 0 saturated heterocycles. The quantitative estimate of drug-likeness (QED) is 0.204. The van der Waals surface area contributed by atoms with Crippen LogP contribution in [0.3, 0.4) is 0 Å². The fourth-order valence-corrected chi connectivity index (χ4v) is 5.49. The normalized spacial score (nSPS) is 14.4. The molecule has 2 N–H and O–H groups in total. The van der Waals surface area contributed by atoms with Gasteiger partial charge in [-0.05, 0) is 54.8 Å². The molecule has 1 unspecified atom stereocenters. The summed E-state index contributed by atoms with van der Waals surface area (Å²) in [7, 11) is 1.34. The maximum Gasteiger partial charge on any atom is 0.337 e. The molecule has 5 rings (SSSR count). The fraction of sp³-hybridized carbons (Fsp3) is 0.172. The number of thioether (sulfide) groups is 1. The van der Waals surface area contributed by atoms with Crippen LogP contribution >= 0.6 is 23.4 Å². The van der Waals surface area contributed by atoms with Gasteiger partial charge in [0.25, 0.3) is 5.91 Å². The van der Waals surface area contributed by atoms with E-state index in [0.29, 0.717) is 38.7 Å². The molecule has 10 heteroatoms. The van der Waals surface area contributed by atoms with E-state index in [-0.39, 0.29) is 5.91 Å². The number of fused-ring (bicyclic) bond motifs is 1. The average Bonchev–Trinajstić information content (AvgIpc) is 3.35. The Morgan fingerprint density at radius 2 is 1.77 bits per heavy atom. The number of hydrogen-bond donors (Lipinski definition) is 2. The molecule has 0 bridgehead atoms. The molecule has 0 aliphatic carbocycles. The van der Waals surface area contributed by atoms with Gasteiger partial charge in [-0.3, -0.25) is 4.79 Å². The van der Waals surface area contributed by atoms with Gasteiger partial charge in [0, 0.05) is 22.2 Å². The largest absolute Gasteiger partial charge is 0.465 e. The number of benzene rings is 3. The number of hydrogen-bond acceptors (Lipinski definition) is 7. The lowest BCUT2D eigenvalue weighted by atomic mass is 9.94. The number of amides is 1. The van der Waals surface area contributed by atoms with Gasteiger partial charge < -0.3 is 15.4 Å². The topological polar surface area (TPSA) is 98.1 Å². The zero-order chi connectivity index (χ0) is 27.5. The van der Waals surface area contributed by atoms with E-state index >= 15 is 0 Å². The first kappa shape index (κ1) is 26.5. The fourth-order valence-electron chi connectivity index (χ4n) is 4.37. The Kier molecular flexibility index (Phi) is 7.72. The molecular formula is C29H26ClN5O3S. The van der Waals surface area contributed by atoms with E-state index < -0.39 is 12.0 Å². The first-order valence-electron chi connectivity index (χ1n) is 12.2. The number of aromatic nitrogens is 3. The average molecular weight is 560 g/mol. The van der Waals surface area contributed by atoms with Crippen LogP contribution in [0.5, 0.6) is 0 Å². The summed E-state index contributed by atoms with van der Waals surface area (Å²) in [6.07, 6.45) is 0. The Balaban J connectivity index is 1.51. The Morgan fingerprint density at radius 1 is 1.05 bits per heavy atom. The number of methoxy groups -OCH3 is 1. The van der Waals surface area contributed by atoms with Crippen molar-refractivity contribution in [2.45, 2.75) is 30.8 Å². The summed E-state index contributed by atoms with van der Waals surface area (Å²) in [5.41, 5.74) is 4.99.